The molecule has 0 bridgehead atoms. The van der Waals surface area contributed by atoms with Gasteiger partial charge in [-0.25, -0.2) is 0 Å². The molecular weight excluding hydrogens is 208 g/mol. The first-order chi connectivity index (χ1) is 6.24. The molecule has 70 valence electrons. The number of fused-ring (bicyclic) bond motifs is 1. The average Bonchev–Trinajstić information content (AvgIpc) is 2.62. The highest BCUT2D eigenvalue weighted by atomic mass is 33.1. The maximum atomic E-state index is 11.4. The van der Waals surface area contributed by atoms with Crippen LogP contribution in [0.5, 0.6) is 0 Å². The largest absolute Gasteiger partial charge is 0.335 e. The normalized spacial score (nSPS) is 30.8. The number of likely N-dealkylation sites (N-methyl/N-ethyl adjacent to an activating group) is 1. The summed E-state index contributed by atoms with van der Waals surface area (Å²) >= 11 is 0. The quantitative estimate of drug-likeness (QED) is 0.528. The van der Waals surface area contributed by atoms with Gasteiger partial charge in [-0.1, -0.05) is 21.6 Å². The molecule has 1 N–H and O–H groups in total. The van der Waals surface area contributed by atoms with Gasteiger partial charge in [0.1, 0.15) is 6.04 Å². The van der Waals surface area contributed by atoms with Gasteiger partial charge in [0.15, 0.2) is 0 Å². The number of hydrogen-bond donors (Lipinski definition) is 1. The zero-order chi connectivity index (χ0) is 9.42. The van der Waals surface area contributed by atoms with Crippen molar-refractivity contribution in [2.24, 2.45) is 0 Å². The van der Waals surface area contributed by atoms with Gasteiger partial charge in [-0.3, -0.25) is 9.59 Å². The first kappa shape index (κ1) is 8.96. The number of nitrogens with one attached hydrogen (secondary N) is 1. The average molecular weight is 216 g/mol. The van der Waals surface area contributed by atoms with Gasteiger partial charge in [-0.05, 0) is 0 Å². The van der Waals surface area contributed by atoms with Crippen molar-refractivity contribution in [1.82, 2.24) is 10.2 Å². The molecule has 0 aliphatic carbocycles. The van der Waals surface area contributed by atoms with E-state index < -0.39 is 0 Å². The van der Waals surface area contributed by atoms with E-state index in [0.717, 1.165) is 5.70 Å². The third-order valence-corrected chi connectivity index (χ3v) is 4.49. The monoisotopic (exact) mass is 216 g/mol. The van der Waals surface area contributed by atoms with Crippen LogP contribution < -0.4 is 5.32 Å². The molecule has 0 spiro atoms. The Morgan fingerprint density at radius 3 is 3.15 bits per heavy atom. The number of rotatable bonds is 2. The molecule has 0 radical (unpaired) electrons. The van der Waals surface area contributed by atoms with E-state index in [1.165, 1.54) is 4.90 Å². The van der Waals surface area contributed by atoms with E-state index in [9.17, 15) is 9.59 Å². The standard InChI is InChI=1S/C7H8N2O2S2/c1-9(3-10)5-6-4(2-12-13-6)8-7(5)11/h2-3,5-6H,1H3,(H,8,11)/t5-,6-/m0/s1. The van der Waals surface area contributed by atoms with E-state index in [2.05, 4.69) is 5.32 Å². The molecular formula is C7H8N2O2S2. The minimum Gasteiger partial charge on any atom is -0.335 e. The van der Waals surface area contributed by atoms with Crippen molar-refractivity contribution in [3.8, 4) is 0 Å². The minimum atomic E-state index is -0.344. The van der Waals surface area contributed by atoms with Crippen LogP contribution in [0.2, 0.25) is 0 Å². The van der Waals surface area contributed by atoms with Gasteiger partial charge in [0.2, 0.25) is 12.3 Å². The van der Waals surface area contributed by atoms with Crippen molar-refractivity contribution in [1.29, 1.82) is 0 Å². The molecule has 1 fully saturated rings. The van der Waals surface area contributed by atoms with Gasteiger partial charge < -0.3 is 10.2 Å². The molecule has 0 unspecified atom stereocenters. The summed E-state index contributed by atoms with van der Waals surface area (Å²) in [5.74, 6) is -0.0846. The molecule has 2 aliphatic rings. The van der Waals surface area contributed by atoms with E-state index in [4.69, 9.17) is 0 Å². The van der Waals surface area contributed by atoms with Crippen molar-refractivity contribution in [2.75, 3.05) is 7.05 Å². The molecule has 1 saturated heterocycles. The lowest BCUT2D eigenvalue weighted by Crippen LogP contribution is -2.41. The first-order valence-corrected chi connectivity index (χ1v) is 6.02. The van der Waals surface area contributed by atoms with Crippen molar-refractivity contribution >= 4 is 33.9 Å². The highest BCUT2D eigenvalue weighted by Gasteiger charge is 2.43. The number of amides is 2. The second-order valence-corrected chi connectivity index (χ2v) is 5.17. The Morgan fingerprint density at radius 1 is 1.69 bits per heavy atom. The highest BCUT2D eigenvalue weighted by Crippen LogP contribution is 2.44. The van der Waals surface area contributed by atoms with Crippen LogP contribution in [-0.4, -0.2) is 35.6 Å². The zero-order valence-corrected chi connectivity index (χ0v) is 8.52. The van der Waals surface area contributed by atoms with Gasteiger partial charge in [-0.2, -0.15) is 0 Å². The summed E-state index contributed by atoms with van der Waals surface area (Å²) in [4.78, 5) is 23.4. The maximum absolute atomic E-state index is 11.4. The van der Waals surface area contributed by atoms with Crippen molar-refractivity contribution in [3.63, 3.8) is 0 Å². The lowest BCUT2D eigenvalue weighted by atomic mass is 10.2. The Labute approximate surface area is 83.5 Å². The van der Waals surface area contributed by atoms with Crippen molar-refractivity contribution < 1.29 is 9.59 Å². The molecule has 2 amide bonds. The summed E-state index contributed by atoms with van der Waals surface area (Å²) in [7, 11) is 4.83. The SMILES string of the molecule is CN(C=O)[C@@H]1C(=O)NC2=CSS[C@@H]21. The molecule has 4 nitrogen and oxygen atoms in total. The Kier molecular flexibility index (Phi) is 2.25. The number of carbonyl (C=O) groups is 2. The van der Waals surface area contributed by atoms with Crippen LogP contribution in [0.3, 0.4) is 0 Å². The van der Waals surface area contributed by atoms with Crippen LogP contribution in [-0.2, 0) is 9.59 Å². The molecule has 6 heteroatoms. The number of hydrogen-bond acceptors (Lipinski definition) is 4. The Balaban J connectivity index is 2.23. The number of nitrogens with zero attached hydrogens (tertiary/aromatic N) is 1. The molecule has 2 heterocycles. The lowest BCUT2D eigenvalue weighted by Gasteiger charge is -2.20. The summed E-state index contributed by atoms with van der Waals surface area (Å²) in [6, 6.07) is -0.344. The fourth-order valence-corrected chi connectivity index (χ4v) is 4.09. The summed E-state index contributed by atoms with van der Waals surface area (Å²) in [5, 5.41) is 4.77. The van der Waals surface area contributed by atoms with Gasteiger partial charge in [0.05, 0.1) is 5.25 Å². The third kappa shape index (κ3) is 1.34. The second-order valence-electron chi connectivity index (χ2n) is 2.89. The van der Waals surface area contributed by atoms with Crippen molar-refractivity contribution in [3.05, 3.63) is 11.1 Å². The summed E-state index contributed by atoms with van der Waals surface area (Å²) < 4.78 is 0. The molecule has 0 aromatic heterocycles. The first-order valence-electron chi connectivity index (χ1n) is 3.74. The predicted octanol–water partition coefficient (Wildman–Crippen LogP) is 0.178. The zero-order valence-electron chi connectivity index (χ0n) is 6.89. The third-order valence-electron chi connectivity index (χ3n) is 2.07. The molecule has 13 heavy (non-hydrogen) atoms. The van der Waals surface area contributed by atoms with Gasteiger partial charge >= 0.3 is 0 Å². The van der Waals surface area contributed by atoms with E-state index in [1.54, 1.807) is 28.6 Å². The number of carbonyl (C=O) groups excluding carboxylic acids is 2. The molecule has 0 saturated carbocycles. The van der Waals surface area contributed by atoms with Crippen LogP contribution in [0, 0.1) is 0 Å². The van der Waals surface area contributed by atoms with Gasteiger partial charge in [0.25, 0.3) is 0 Å². The Hall–Kier alpha value is -0.620. The van der Waals surface area contributed by atoms with Crippen LogP contribution in [0.4, 0.5) is 0 Å². The van der Waals surface area contributed by atoms with Crippen LogP contribution in [0.25, 0.3) is 0 Å². The molecule has 2 rings (SSSR count). The minimum absolute atomic E-state index is 0.0846. The van der Waals surface area contributed by atoms with Crippen LogP contribution in [0.15, 0.2) is 11.1 Å². The van der Waals surface area contributed by atoms with Crippen molar-refractivity contribution in [2.45, 2.75) is 11.3 Å². The molecule has 2 aliphatic heterocycles. The Morgan fingerprint density at radius 2 is 2.46 bits per heavy atom. The predicted molar refractivity (Wildman–Crippen MR) is 52.8 cm³/mol. The molecule has 0 aromatic rings. The summed E-state index contributed by atoms with van der Waals surface area (Å²) in [6.07, 6.45) is 0.691. The lowest BCUT2D eigenvalue weighted by molar-refractivity contribution is -0.129. The molecule has 2 atom stereocenters. The Bertz CT molecular complexity index is 292. The fraction of sp³-hybridized carbons (Fsp3) is 0.429. The van der Waals surface area contributed by atoms with E-state index in [-0.39, 0.29) is 17.2 Å². The highest BCUT2D eigenvalue weighted by molar-refractivity contribution is 8.78. The van der Waals surface area contributed by atoms with E-state index >= 15 is 0 Å². The van der Waals surface area contributed by atoms with Gasteiger partial charge in [-0.15, -0.1) is 0 Å². The van der Waals surface area contributed by atoms with E-state index in [1.807, 2.05) is 5.41 Å². The molecule has 0 aromatic carbocycles. The van der Waals surface area contributed by atoms with E-state index in [0.29, 0.717) is 6.41 Å². The summed E-state index contributed by atoms with van der Waals surface area (Å²) in [6.45, 7) is 0. The van der Waals surface area contributed by atoms with Crippen LogP contribution in [0.1, 0.15) is 0 Å². The second kappa shape index (κ2) is 3.26. The maximum Gasteiger partial charge on any atom is 0.248 e. The topological polar surface area (TPSA) is 49.4 Å². The van der Waals surface area contributed by atoms with Gasteiger partial charge in [0, 0.05) is 18.2 Å². The fourth-order valence-electron chi connectivity index (χ4n) is 1.40. The smallest absolute Gasteiger partial charge is 0.248 e. The van der Waals surface area contributed by atoms with Crippen LogP contribution >= 0.6 is 21.6 Å². The summed E-state index contributed by atoms with van der Waals surface area (Å²) in [5.41, 5.74) is 0.929.